The lowest BCUT2D eigenvalue weighted by Gasteiger charge is -2.22. The molecule has 1 rings (SSSR count). The molecule has 0 aliphatic heterocycles. The Morgan fingerprint density at radius 1 is 1.32 bits per heavy atom. The van der Waals surface area contributed by atoms with E-state index in [1.807, 2.05) is 27.7 Å². The molecule has 0 aliphatic carbocycles. The number of ether oxygens (including phenoxy) is 1. The van der Waals surface area contributed by atoms with Crippen molar-refractivity contribution in [1.82, 2.24) is 0 Å². The maximum atomic E-state index is 12.3. The third-order valence-electron chi connectivity index (χ3n) is 3.68. The van der Waals surface area contributed by atoms with E-state index >= 15 is 0 Å². The van der Waals surface area contributed by atoms with Crippen LogP contribution in [0.3, 0.4) is 0 Å². The van der Waals surface area contributed by atoms with Crippen molar-refractivity contribution in [2.24, 2.45) is 0 Å². The smallest absolute Gasteiger partial charge is 0.338 e. The summed E-state index contributed by atoms with van der Waals surface area (Å²) >= 11 is 0. The standard InChI is InChI=1S/C19H27NO2/c1-7-8-9-10-14(2)22-18(21)15-11-12-17(20-6)16(13-15)19(3,4)5/h11-14H,7-10H2,1-5H3/t14-/m0/s1. The molecule has 0 N–H and O–H groups in total. The maximum Gasteiger partial charge on any atom is 0.338 e. The second-order valence-electron chi connectivity index (χ2n) is 6.81. The summed E-state index contributed by atoms with van der Waals surface area (Å²) in [6, 6.07) is 5.20. The molecule has 0 spiro atoms. The van der Waals surface area contributed by atoms with Gasteiger partial charge in [0.05, 0.1) is 18.2 Å². The van der Waals surface area contributed by atoms with Crippen LogP contribution >= 0.6 is 0 Å². The molecule has 0 radical (unpaired) electrons. The summed E-state index contributed by atoms with van der Waals surface area (Å²) < 4.78 is 5.51. The summed E-state index contributed by atoms with van der Waals surface area (Å²) in [5.74, 6) is -0.300. The number of carbonyl (C=O) groups is 1. The highest BCUT2D eigenvalue weighted by molar-refractivity contribution is 5.90. The van der Waals surface area contributed by atoms with Crippen molar-refractivity contribution in [3.63, 3.8) is 0 Å². The predicted octanol–water partition coefficient (Wildman–Crippen LogP) is 5.66. The number of rotatable bonds is 6. The molecule has 3 heteroatoms. The maximum absolute atomic E-state index is 12.3. The molecule has 22 heavy (non-hydrogen) atoms. The molecular weight excluding hydrogens is 274 g/mol. The number of esters is 1. The number of unbranched alkanes of at least 4 members (excludes halogenated alkanes) is 2. The van der Waals surface area contributed by atoms with Crippen LogP contribution in [0.4, 0.5) is 5.69 Å². The Hall–Kier alpha value is -1.82. The molecule has 0 aromatic heterocycles. The summed E-state index contributed by atoms with van der Waals surface area (Å²) in [5, 5.41) is 0. The first-order chi connectivity index (χ1) is 10.3. The quantitative estimate of drug-likeness (QED) is 0.385. The summed E-state index contributed by atoms with van der Waals surface area (Å²) in [4.78, 5) is 15.8. The third-order valence-corrected chi connectivity index (χ3v) is 3.68. The zero-order valence-electron chi connectivity index (χ0n) is 14.4. The highest BCUT2D eigenvalue weighted by Gasteiger charge is 2.21. The van der Waals surface area contributed by atoms with E-state index in [2.05, 4.69) is 11.8 Å². The van der Waals surface area contributed by atoms with Crippen LogP contribution in [-0.2, 0) is 10.2 Å². The minimum atomic E-state index is -0.300. The number of benzene rings is 1. The van der Waals surface area contributed by atoms with Crippen LogP contribution in [0, 0.1) is 6.57 Å². The van der Waals surface area contributed by atoms with Gasteiger partial charge in [-0.15, -0.1) is 0 Å². The first kappa shape index (κ1) is 18.2. The molecule has 3 nitrogen and oxygen atoms in total. The minimum absolute atomic E-state index is 0.0716. The van der Waals surface area contributed by atoms with E-state index in [1.165, 1.54) is 0 Å². The normalized spacial score (nSPS) is 12.5. The Morgan fingerprint density at radius 3 is 2.55 bits per heavy atom. The summed E-state index contributed by atoms with van der Waals surface area (Å²) in [5.41, 5.74) is 1.83. The van der Waals surface area contributed by atoms with E-state index in [-0.39, 0.29) is 17.5 Å². The Balaban J connectivity index is 2.85. The van der Waals surface area contributed by atoms with Crippen molar-refractivity contribution >= 4 is 11.7 Å². The fourth-order valence-corrected chi connectivity index (χ4v) is 2.35. The summed E-state index contributed by atoms with van der Waals surface area (Å²) in [6.07, 6.45) is 4.22. The van der Waals surface area contributed by atoms with Gasteiger partial charge in [0.25, 0.3) is 0 Å². The molecule has 0 aliphatic rings. The van der Waals surface area contributed by atoms with Crippen LogP contribution < -0.4 is 0 Å². The van der Waals surface area contributed by atoms with Gasteiger partial charge in [-0.1, -0.05) is 58.7 Å². The largest absolute Gasteiger partial charge is 0.459 e. The van der Waals surface area contributed by atoms with Crippen LogP contribution in [0.2, 0.25) is 0 Å². The zero-order chi connectivity index (χ0) is 16.8. The molecule has 0 saturated heterocycles. The molecule has 120 valence electrons. The number of hydrogen-bond donors (Lipinski definition) is 0. The van der Waals surface area contributed by atoms with Gasteiger partial charge < -0.3 is 4.74 Å². The van der Waals surface area contributed by atoms with Gasteiger partial charge >= 0.3 is 5.97 Å². The molecule has 1 aromatic rings. The number of hydrogen-bond acceptors (Lipinski definition) is 2. The highest BCUT2D eigenvalue weighted by atomic mass is 16.5. The van der Waals surface area contributed by atoms with Crippen molar-refractivity contribution in [3.8, 4) is 0 Å². The average molecular weight is 301 g/mol. The topological polar surface area (TPSA) is 30.7 Å². The number of carbonyl (C=O) groups excluding carboxylic acids is 1. The van der Waals surface area contributed by atoms with Crippen LogP contribution in [0.15, 0.2) is 18.2 Å². The molecule has 0 unspecified atom stereocenters. The molecule has 0 amide bonds. The lowest BCUT2D eigenvalue weighted by atomic mass is 9.85. The summed E-state index contributed by atoms with van der Waals surface area (Å²) in [7, 11) is 0. The van der Waals surface area contributed by atoms with E-state index in [4.69, 9.17) is 11.3 Å². The monoisotopic (exact) mass is 301 g/mol. The molecule has 1 aromatic carbocycles. The second kappa shape index (κ2) is 7.98. The fourth-order valence-electron chi connectivity index (χ4n) is 2.35. The molecule has 1 atom stereocenters. The van der Waals surface area contributed by atoms with Gasteiger partial charge in [0, 0.05) is 0 Å². The molecule has 0 fully saturated rings. The van der Waals surface area contributed by atoms with E-state index in [1.54, 1.807) is 18.2 Å². The Bertz CT molecular complexity index is 550. The molecule has 0 saturated carbocycles. The van der Waals surface area contributed by atoms with Crippen LogP contribution in [0.5, 0.6) is 0 Å². The first-order valence-electron chi connectivity index (χ1n) is 8.02. The molecular formula is C19H27NO2. The van der Waals surface area contributed by atoms with Gasteiger partial charge in [0.1, 0.15) is 0 Å². The second-order valence-corrected chi connectivity index (χ2v) is 6.81. The van der Waals surface area contributed by atoms with Gasteiger partial charge in [-0.3, -0.25) is 0 Å². The van der Waals surface area contributed by atoms with Crippen LogP contribution in [0.25, 0.3) is 4.85 Å². The van der Waals surface area contributed by atoms with Gasteiger partial charge in [0.15, 0.2) is 5.69 Å². The Morgan fingerprint density at radius 2 is 2.00 bits per heavy atom. The lowest BCUT2D eigenvalue weighted by molar-refractivity contribution is 0.0319. The van der Waals surface area contributed by atoms with Gasteiger partial charge in [-0.25, -0.2) is 9.64 Å². The van der Waals surface area contributed by atoms with Crippen molar-refractivity contribution in [3.05, 3.63) is 40.7 Å². The Labute approximate surface area is 134 Å². The molecule has 0 heterocycles. The van der Waals surface area contributed by atoms with Gasteiger partial charge in [-0.2, -0.15) is 0 Å². The number of nitrogens with zero attached hydrogens (tertiary/aromatic N) is 1. The highest BCUT2D eigenvalue weighted by Crippen LogP contribution is 2.32. The third kappa shape index (κ3) is 5.18. The SMILES string of the molecule is [C-]#[N+]c1ccc(C(=O)O[C@@H](C)CCCCC)cc1C(C)(C)C. The Kier molecular flexibility index (Phi) is 6.61. The predicted molar refractivity (Wildman–Crippen MR) is 90.4 cm³/mol. The summed E-state index contributed by atoms with van der Waals surface area (Å²) in [6.45, 7) is 17.5. The zero-order valence-corrected chi connectivity index (χ0v) is 14.4. The fraction of sp³-hybridized carbons (Fsp3) is 0.579. The van der Waals surface area contributed by atoms with Crippen molar-refractivity contribution in [2.75, 3.05) is 0 Å². The van der Waals surface area contributed by atoms with Crippen molar-refractivity contribution in [2.45, 2.75) is 71.8 Å². The first-order valence-corrected chi connectivity index (χ1v) is 8.02. The van der Waals surface area contributed by atoms with E-state index < -0.39 is 0 Å². The van der Waals surface area contributed by atoms with Crippen molar-refractivity contribution < 1.29 is 9.53 Å². The minimum Gasteiger partial charge on any atom is -0.459 e. The lowest BCUT2D eigenvalue weighted by Crippen LogP contribution is -2.17. The van der Waals surface area contributed by atoms with Crippen LogP contribution in [0.1, 0.15) is 76.2 Å². The van der Waals surface area contributed by atoms with E-state index in [0.717, 1.165) is 31.2 Å². The molecule has 0 bridgehead atoms. The average Bonchev–Trinajstić information content (AvgIpc) is 2.45. The van der Waals surface area contributed by atoms with E-state index in [0.29, 0.717) is 11.3 Å². The van der Waals surface area contributed by atoms with Crippen LogP contribution in [-0.4, -0.2) is 12.1 Å². The van der Waals surface area contributed by atoms with Gasteiger partial charge in [0.2, 0.25) is 0 Å². The van der Waals surface area contributed by atoms with E-state index in [9.17, 15) is 4.79 Å². The van der Waals surface area contributed by atoms with Crippen molar-refractivity contribution in [1.29, 1.82) is 0 Å². The van der Waals surface area contributed by atoms with Gasteiger partial charge in [-0.05, 0) is 30.7 Å².